The van der Waals surface area contributed by atoms with Crippen LogP contribution in [0, 0.1) is 0 Å². The maximum absolute atomic E-state index is 12.8. The highest BCUT2D eigenvalue weighted by atomic mass is 16.7. The zero-order valence-corrected chi connectivity index (χ0v) is 12.3. The van der Waals surface area contributed by atoms with Crippen LogP contribution in [0.25, 0.3) is 11.0 Å². The average Bonchev–Trinajstić information content (AvgIpc) is 2.47. The number of benzene rings is 1. The first-order valence-corrected chi connectivity index (χ1v) is 6.81. The van der Waals surface area contributed by atoms with Gasteiger partial charge < -0.3 is 29.2 Å². The number of hydrogen-bond donors (Lipinski definition) is 3. The van der Waals surface area contributed by atoms with E-state index < -0.39 is 34.8 Å². The monoisotopic (exact) mass is 322 g/mol. The second kappa shape index (κ2) is 5.25. The molecule has 1 aliphatic heterocycles. The summed E-state index contributed by atoms with van der Waals surface area (Å²) in [5.74, 6) is -2.83. The van der Waals surface area contributed by atoms with Gasteiger partial charge in [-0.2, -0.15) is 0 Å². The molecule has 0 fully saturated rings. The minimum Gasteiger partial charge on any atom is -0.504 e. The number of aromatic carboxylic acids is 1. The number of carbonyl (C=O) groups is 1. The maximum atomic E-state index is 12.8. The Kier molecular flexibility index (Phi) is 3.50. The van der Waals surface area contributed by atoms with Crippen molar-refractivity contribution in [3.63, 3.8) is 0 Å². The highest BCUT2D eigenvalue weighted by molar-refractivity contribution is 6.06. The molecule has 1 aromatic carbocycles. The van der Waals surface area contributed by atoms with Crippen LogP contribution in [0.5, 0.6) is 11.5 Å². The highest BCUT2D eigenvalue weighted by Crippen LogP contribution is 2.37. The molecule has 0 bridgehead atoms. The lowest BCUT2D eigenvalue weighted by atomic mass is 10.00. The van der Waals surface area contributed by atoms with Crippen molar-refractivity contribution in [1.82, 2.24) is 0 Å². The number of aromatic hydroxyl groups is 2. The van der Waals surface area contributed by atoms with Gasteiger partial charge in [0.2, 0.25) is 5.43 Å². The van der Waals surface area contributed by atoms with E-state index in [2.05, 4.69) is 0 Å². The molecule has 8 nitrogen and oxygen atoms in total. The lowest BCUT2D eigenvalue weighted by molar-refractivity contribution is -0.166. The standard InChI is InChI=1S/C15H14O8/c1-5-3-7-10(15(21-2)22-5)13(18)9-8(23-7)4-6(16)12(17)11(9)14(19)20/h4-5,15-17H,3H2,1-2H3,(H,19,20)/t5-,15+/m0/s1. The Morgan fingerprint density at radius 2 is 2.09 bits per heavy atom. The van der Waals surface area contributed by atoms with Crippen LogP contribution in [0.3, 0.4) is 0 Å². The largest absolute Gasteiger partial charge is 0.504 e. The number of carboxylic acid groups (broad SMARTS) is 1. The molecule has 8 heteroatoms. The molecule has 0 saturated heterocycles. The molecule has 0 spiro atoms. The summed E-state index contributed by atoms with van der Waals surface area (Å²) in [6.45, 7) is 1.77. The fourth-order valence-corrected chi connectivity index (χ4v) is 2.75. The van der Waals surface area contributed by atoms with E-state index in [1.54, 1.807) is 6.92 Å². The van der Waals surface area contributed by atoms with Gasteiger partial charge in [-0.3, -0.25) is 4.79 Å². The SMILES string of the molecule is CO[C@@H]1O[C@@H](C)Cc2oc3cc(O)c(O)c(C(=O)O)c3c(=O)c21. The quantitative estimate of drug-likeness (QED) is 0.710. The number of methoxy groups -OCH3 is 1. The first-order valence-electron chi connectivity index (χ1n) is 6.81. The fourth-order valence-electron chi connectivity index (χ4n) is 2.75. The van der Waals surface area contributed by atoms with Crippen molar-refractivity contribution in [3.05, 3.63) is 33.2 Å². The van der Waals surface area contributed by atoms with E-state index in [-0.39, 0.29) is 22.6 Å². The molecule has 122 valence electrons. The lowest BCUT2D eigenvalue weighted by Gasteiger charge is -2.28. The van der Waals surface area contributed by atoms with Gasteiger partial charge >= 0.3 is 5.97 Å². The first-order chi connectivity index (χ1) is 10.8. The lowest BCUT2D eigenvalue weighted by Crippen LogP contribution is -2.30. The van der Waals surface area contributed by atoms with Gasteiger partial charge in [0.1, 0.15) is 16.9 Å². The van der Waals surface area contributed by atoms with Gasteiger partial charge in [-0.05, 0) is 6.92 Å². The van der Waals surface area contributed by atoms with Crippen molar-refractivity contribution in [2.45, 2.75) is 25.7 Å². The number of hydrogen-bond acceptors (Lipinski definition) is 7. The molecule has 1 aliphatic rings. The second-order valence-corrected chi connectivity index (χ2v) is 5.28. The fraction of sp³-hybridized carbons (Fsp3) is 0.333. The third-order valence-corrected chi connectivity index (χ3v) is 3.74. The number of rotatable bonds is 2. The van der Waals surface area contributed by atoms with E-state index in [0.717, 1.165) is 6.07 Å². The van der Waals surface area contributed by atoms with Gasteiger partial charge in [-0.1, -0.05) is 0 Å². The highest BCUT2D eigenvalue weighted by Gasteiger charge is 2.33. The summed E-state index contributed by atoms with van der Waals surface area (Å²) in [6.07, 6.45) is -0.963. The van der Waals surface area contributed by atoms with Crippen molar-refractivity contribution in [2.24, 2.45) is 0 Å². The minimum atomic E-state index is -1.56. The first kappa shape index (κ1) is 15.3. The van der Waals surface area contributed by atoms with E-state index in [1.807, 2.05) is 0 Å². The summed E-state index contributed by atoms with van der Waals surface area (Å²) in [5, 5.41) is 28.4. The van der Waals surface area contributed by atoms with Crippen LogP contribution in [-0.4, -0.2) is 34.5 Å². The summed E-state index contributed by atoms with van der Waals surface area (Å²) < 4.78 is 16.2. The molecule has 0 amide bonds. The average molecular weight is 322 g/mol. The summed E-state index contributed by atoms with van der Waals surface area (Å²) in [5.41, 5.74) is -1.45. The molecule has 2 aromatic rings. The van der Waals surface area contributed by atoms with Gasteiger partial charge in [-0.25, -0.2) is 4.79 Å². The van der Waals surface area contributed by atoms with E-state index in [4.69, 9.17) is 13.9 Å². The Hall–Kier alpha value is -2.58. The molecule has 1 aromatic heterocycles. The number of phenolic OH excluding ortho intramolecular Hbond substituents is 1. The van der Waals surface area contributed by atoms with Crippen molar-refractivity contribution in [1.29, 1.82) is 0 Å². The molecule has 3 N–H and O–H groups in total. The summed E-state index contributed by atoms with van der Waals surface area (Å²) in [4.78, 5) is 24.2. The smallest absolute Gasteiger partial charge is 0.340 e. The second-order valence-electron chi connectivity index (χ2n) is 5.28. The van der Waals surface area contributed by atoms with Crippen LogP contribution in [0.1, 0.15) is 34.9 Å². The molecule has 2 atom stereocenters. The minimum absolute atomic E-state index is 0.0608. The number of carboxylic acids is 1. The molecule has 0 radical (unpaired) electrons. The Morgan fingerprint density at radius 3 is 2.70 bits per heavy atom. The van der Waals surface area contributed by atoms with Crippen molar-refractivity contribution in [3.8, 4) is 11.5 Å². The molecule has 0 aliphatic carbocycles. The van der Waals surface area contributed by atoms with E-state index in [0.29, 0.717) is 12.2 Å². The van der Waals surface area contributed by atoms with Gasteiger partial charge in [0.05, 0.1) is 17.1 Å². The van der Waals surface area contributed by atoms with E-state index >= 15 is 0 Å². The van der Waals surface area contributed by atoms with Crippen LogP contribution in [0.2, 0.25) is 0 Å². The molecule has 0 saturated carbocycles. The Bertz CT molecular complexity index is 866. The molecule has 23 heavy (non-hydrogen) atoms. The topological polar surface area (TPSA) is 126 Å². The Labute approximate surface area is 129 Å². The van der Waals surface area contributed by atoms with Crippen molar-refractivity contribution in [2.75, 3.05) is 7.11 Å². The van der Waals surface area contributed by atoms with Gasteiger partial charge in [0.15, 0.2) is 17.8 Å². The Balaban J connectivity index is 2.46. The van der Waals surface area contributed by atoms with Crippen LogP contribution in [-0.2, 0) is 15.9 Å². The normalized spacial score (nSPS) is 20.4. The predicted molar refractivity (Wildman–Crippen MR) is 76.8 cm³/mol. The van der Waals surface area contributed by atoms with Crippen LogP contribution < -0.4 is 5.43 Å². The molecule has 0 unspecified atom stereocenters. The van der Waals surface area contributed by atoms with E-state index in [9.17, 15) is 24.9 Å². The molecule has 3 rings (SSSR count). The molecular weight excluding hydrogens is 308 g/mol. The number of ether oxygens (including phenoxy) is 2. The predicted octanol–water partition coefficient (Wildman–Crippen LogP) is 1.51. The van der Waals surface area contributed by atoms with Gasteiger partial charge in [0, 0.05) is 19.6 Å². The zero-order valence-electron chi connectivity index (χ0n) is 12.3. The summed E-state index contributed by atoms with van der Waals surface area (Å²) >= 11 is 0. The third kappa shape index (κ3) is 2.23. The van der Waals surface area contributed by atoms with E-state index in [1.165, 1.54) is 7.11 Å². The van der Waals surface area contributed by atoms with Crippen LogP contribution >= 0.6 is 0 Å². The zero-order chi connectivity index (χ0) is 16.9. The number of phenols is 2. The number of fused-ring (bicyclic) bond motifs is 2. The van der Waals surface area contributed by atoms with Gasteiger partial charge in [0.25, 0.3) is 0 Å². The third-order valence-electron chi connectivity index (χ3n) is 3.74. The molecule has 2 heterocycles. The van der Waals surface area contributed by atoms with Gasteiger partial charge in [-0.15, -0.1) is 0 Å². The molecular formula is C15H14O8. The van der Waals surface area contributed by atoms with Crippen LogP contribution in [0.4, 0.5) is 0 Å². The Morgan fingerprint density at radius 1 is 1.39 bits per heavy atom. The summed E-state index contributed by atoms with van der Waals surface area (Å²) in [6, 6.07) is 1.01. The van der Waals surface area contributed by atoms with Crippen LogP contribution in [0.15, 0.2) is 15.3 Å². The van der Waals surface area contributed by atoms with Crippen molar-refractivity contribution >= 4 is 16.9 Å². The van der Waals surface area contributed by atoms with Crippen molar-refractivity contribution < 1.29 is 34.0 Å². The maximum Gasteiger partial charge on any atom is 0.340 e. The summed E-state index contributed by atoms with van der Waals surface area (Å²) in [7, 11) is 1.35.